The van der Waals surface area contributed by atoms with Gasteiger partial charge in [0.05, 0.1) is 23.2 Å². The van der Waals surface area contributed by atoms with Crippen molar-refractivity contribution in [2.75, 3.05) is 5.32 Å². The lowest BCUT2D eigenvalue weighted by molar-refractivity contribution is -0.138. The number of anilines is 1. The Balaban J connectivity index is 2.09. The Labute approximate surface area is 182 Å². The normalized spacial score (nSPS) is 13.1. The number of benzene rings is 2. The molecule has 0 radical (unpaired) electrons. The van der Waals surface area contributed by atoms with Gasteiger partial charge in [0.1, 0.15) is 12.2 Å². The van der Waals surface area contributed by atoms with Crippen molar-refractivity contribution in [3.8, 4) is 0 Å². The quantitative estimate of drug-likeness (QED) is 0.232. The lowest BCUT2D eigenvalue weighted by Crippen LogP contribution is -2.29. The number of para-hydroxylation sites is 1. The molecule has 6 nitrogen and oxygen atoms in total. The predicted molar refractivity (Wildman–Crippen MR) is 107 cm³/mol. The largest absolute Gasteiger partial charge is 0.418 e. The van der Waals surface area contributed by atoms with E-state index >= 15 is 0 Å². The van der Waals surface area contributed by atoms with Crippen LogP contribution in [0.3, 0.4) is 0 Å². The number of rotatable bonds is 6. The smallest absolute Gasteiger partial charge is 0.309 e. The second kappa shape index (κ2) is 8.68. The minimum Gasteiger partial charge on any atom is -0.309 e. The molecule has 3 rings (SSSR count). The van der Waals surface area contributed by atoms with E-state index in [1.807, 2.05) is 0 Å². The van der Waals surface area contributed by atoms with Crippen LogP contribution >= 0.6 is 0 Å². The molecule has 0 aliphatic carbocycles. The third kappa shape index (κ3) is 5.04. The van der Waals surface area contributed by atoms with E-state index in [1.165, 1.54) is 13.0 Å². The minimum absolute atomic E-state index is 0.0858. The number of hydrogen-bond acceptors (Lipinski definition) is 4. The number of hydrogen-bond donors (Lipinski definition) is 2. The molecule has 1 amide bonds. The summed E-state index contributed by atoms with van der Waals surface area (Å²) >= 11 is 0. The van der Waals surface area contributed by atoms with Crippen LogP contribution in [-0.4, -0.2) is 27.7 Å². The second-order valence-electron chi connectivity index (χ2n) is 7.19. The predicted octanol–water partition coefficient (Wildman–Crippen LogP) is 4.92. The molecule has 1 unspecified atom stereocenters. The topological polar surface area (TPSA) is 87.8 Å². The first kappa shape index (κ1) is 24.0. The molecule has 1 heterocycles. The van der Waals surface area contributed by atoms with Crippen LogP contribution in [0.4, 0.5) is 32.2 Å². The number of nitrogens with one attached hydrogen (secondary N) is 2. The molecule has 33 heavy (non-hydrogen) atoms. The number of amides is 1. The van der Waals surface area contributed by atoms with Crippen LogP contribution in [0.2, 0.25) is 0 Å². The molecule has 1 aromatic heterocycles. The molecular formula is C21H16F6N4O2. The van der Waals surface area contributed by atoms with Gasteiger partial charge in [0.25, 0.3) is 0 Å². The van der Waals surface area contributed by atoms with Gasteiger partial charge in [0, 0.05) is 11.1 Å². The number of carbonyl (C=O) groups is 2. The van der Waals surface area contributed by atoms with Crippen molar-refractivity contribution < 1.29 is 35.9 Å². The summed E-state index contributed by atoms with van der Waals surface area (Å²) < 4.78 is 80.3. The van der Waals surface area contributed by atoms with Crippen molar-refractivity contribution in [1.82, 2.24) is 9.78 Å². The molecule has 0 saturated heterocycles. The molecule has 1 atom stereocenters. The fraction of sp³-hybridized carbons (Fsp3) is 0.238. The van der Waals surface area contributed by atoms with E-state index in [4.69, 9.17) is 5.41 Å². The van der Waals surface area contributed by atoms with E-state index in [0.717, 1.165) is 41.1 Å². The van der Waals surface area contributed by atoms with Crippen molar-refractivity contribution in [3.63, 3.8) is 0 Å². The summed E-state index contributed by atoms with van der Waals surface area (Å²) in [7, 11) is 0. The van der Waals surface area contributed by atoms with E-state index in [1.54, 1.807) is 0 Å². The zero-order valence-corrected chi connectivity index (χ0v) is 16.9. The van der Waals surface area contributed by atoms with E-state index < -0.39 is 40.8 Å². The van der Waals surface area contributed by atoms with Crippen LogP contribution in [0.25, 0.3) is 10.9 Å². The van der Waals surface area contributed by atoms with E-state index in [2.05, 4.69) is 10.4 Å². The third-order valence-corrected chi connectivity index (χ3v) is 4.82. The van der Waals surface area contributed by atoms with Crippen LogP contribution in [-0.2, 0) is 28.5 Å². The number of aromatic nitrogens is 2. The highest BCUT2D eigenvalue weighted by molar-refractivity contribution is 6.18. The van der Waals surface area contributed by atoms with Gasteiger partial charge >= 0.3 is 12.4 Å². The molecule has 0 saturated carbocycles. The summed E-state index contributed by atoms with van der Waals surface area (Å²) in [6.07, 6.45) is -9.13. The zero-order chi connectivity index (χ0) is 24.6. The number of halogens is 6. The molecule has 2 N–H and O–H groups in total. The van der Waals surface area contributed by atoms with Crippen LogP contribution in [0.5, 0.6) is 0 Å². The monoisotopic (exact) mass is 470 g/mol. The lowest BCUT2D eigenvalue weighted by Gasteiger charge is -2.12. The molecule has 12 heteroatoms. The number of carbonyl (C=O) groups excluding carboxylic acids is 2. The molecule has 0 aliphatic heterocycles. The van der Waals surface area contributed by atoms with Crippen LogP contribution in [0.1, 0.15) is 23.6 Å². The summed E-state index contributed by atoms with van der Waals surface area (Å²) in [5.41, 5.74) is -2.40. The maximum Gasteiger partial charge on any atom is 0.418 e. The Morgan fingerprint density at radius 2 is 1.73 bits per heavy atom. The van der Waals surface area contributed by atoms with Gasteiger partial charge < -0.3 is 15.5 Å². The molecule has 2 aromatic carbocycles. The lowest BCUT2D eigenvalue weighted by atomic mass is 10.1. The molecule has 0 spiro atoms. The van der Waals surface area contributed by atoms with Crippen molar-refractivity contribution >= 4 is 34.6 Å². The minimum atomic E-state index is -4.78. The Hall–Kier alpha value is -3.70. The molecule has 3 aromatic rings. The van der Waals surface area contributed by atoms with Crippen LogP contribution in [0.15, 0.2) is 42.5 Å². The van der Waals surface area contributed by atoms with Gasteiger partial charge in [0.2, 0.25) is 5.91 Å². The van der Waals surface area contributed by atoms with E-state index in [0.29, 0.717) is 0 Å². The Morgan fingerprint density at radius 1 is 1.09 bits per heavy atom. The summed E-state index contributed by atoms with van der Waals surface area (Å²) in [6.45, 7) is 0.903. The van der Waals surface area contributed by atoms with Crippen molar-refractivity contribution in [1.29, 1.82) is 5.41 Å². The first-order valence-electron chi connectivity index (χ1n) is 9.37. The van der Waals surface area contributed by atoms with Gasteiger partial charge in [-0.1, -0.05) is 18.2 Å². The Morgan fingerprint density at radius 3 is 2.24 bits per heavy atom. The van der Waals surface area contributed by atoms with Crippen molar-refractivity contribution in [2.24, 2.45) is 5.92 Å². The van der Waals surface area contributed by atoms with Gasteiger partial charge in [-0.25, -0.2) is 0 Å². The molecule has 0 aliphatic rings. The maximum atomic E-state index is 13.7. The maximum absolute atomic E-state index is 13.7. The SMILES string of the molecule is CC(=N)C(C=O)C(=O)Nc1nn(Cc2ccc(C(F)(F)F)cc2)c2c(C(F)(F)F)cccc12. The molecule has 174 valence electrons. The number of aldehydes is 1. The Kier molecular flexibility index (Phi) is 6.30. The standard InChI is InChI=1S/C21H16F6N4O2/c1-11(28)15(10-32)19(33)29-18-14-3-2-4-16(21(25,26)27)17(14)31(30-18)9-12-5-7-13(8-6-12)20(22,23)24/h2-8,10,15,28H,9H2,1H3,(H,29,30,33). The second-order valence-corrected chi connectivity index (χ2v) is 7.19. The third-order valence-electron chi connectivity index (χ3n) is 4.82. The summed E-state index contributed by atoms with van der Waals surface area (Å²) in [6, 6.07) is 7.05. The van der Waals surface area contributed by atoms with Crippen molar-refractivity contribution in [2.45, 2.75) is 25.8 Å². The van der Waals surface area contributed by atoms with Gasteiger partial charge in [-0.05, 0) is 36.8 Å². The highest BCUT2D eigenvalue weighted by atomic mass is 19.4. The Bertz CT molecular complexity index is 1210. The summed E-state index contributed by atoms with van der Waals surface area (Å²) in [4.78, 5) is 23.5. The van der Waals surface area contributed by atoms with E-state index in [9.17, 15) is 35.9 Å². The number of alkyl halides is 6. The fourth-order valence-electron chi connectivity index (χ4n) is 3.20. The van der Waals surface area contributed by atoms with Gasteiger partial charge in [-0.2, -0.15) is 31.4 Å². The first-order valence-corrected chi connectivity index (χ1v) is 9.37. The van der Waals surface area contributed by atoms with Crippen LogP contribution in [0, 0.1) is 11.3 Å². The van der Waals surface area contributed by atoms with E-state index in [-0.39, 0.29) is 35.3 Å². The van der Waals surface area contributed by atoms with Gasteiger partial charge in [-0.3, -0.25) is 9.48 Å². The average Bonchev–Trinajstić information content (AvgIpc) is 3.04. The fourth-order valence-corrected chi connectivity index (χ4v) is 3.20. The summed E-state index contributed by atoms with van der Waals surface area (Å²) in [5.74, 6) is -2.68. The highest BCUT2D eigenvalue weighted by Crippen LogP contribution is 2.37. The van der Waals surface area contributed by atoms with Crippen LogP contribution < -0.4 is 5.32 Å². The highest BCUT2D eigenvalue weighted by Gasteiger charge is 2.35. The number of fused-ring (bicyclic) bond motifs is 1. The van der Waals surface area contributed by atoms with Crippen molar-refractivity contribution in [3.05, 3.63) is 59.2 Å². The van der Waals surface area contributed by atoms with Gasteiger partial charge in [0.15, 0.2) is 5.82 Å². The van der Waals surface area contributed by atoms with Gasteiger partial charge in [-0.15, -0.1) is 0 Å². The average molecular weight is 470 g/mol. The molecular weight excluding hydrogens is 454 g/mol. The summed E-state index contributed by atoms with van der Waals surface area (Å²) in [5, 5.41) is 13.7. The zero-order valence-electron chi connectivity index (χ0n) is 16.9. The first-order chi connectivity index (χ1) is 15.3. The molecule has 0 fully saturated rings. The number of nitrogens with zero attached hydrogens (tertiary/aromatic N) is 2. The molecule has 0 bridgehead atoms.